The molecule has 0 aliphatic heterocycles. The lowest BCUT2D eigenvalue weighted by molar-refractivity contribution is 0.415. The van der Waals surface area contributed by atoms with Gasteiger partial charge in [-0.2, -0.15) is 0 Å². The fourth-order valence-electron chi connectivity index (χ4n) is 2.56. The Morgan fingerprint density at radius 1 is 1.16 bits per heavy atom. The molecule has 0 saturated carbocycles. The van der Waals surface area contributed by atoms with E-state index in [-0.39, 0.29) is 0 Å². The minimum atomic E-state index is 0.641. The fourth-order valence-corrected chi connectivity index (χ4v) is 2.76. The van der Waals surface area contributed by atoms with Crippen LogP contribution in [0, 0.1) is 6.92 Å². The molecule has 0 amide bonds. The number of aliphatic imine (C=N–C) groups is 1. The van der Waals surface area contributed by atoms with Gasteiger partial charge in [0.2, 0.25) is 0 Å². The minimum absolute atomic E-state index is 0.641. The number of hydrogen-bond acceptors (Lipinski definition) is 3. The average Bonchev–Trinajstić information content (AvgIpc) is 2.63. The first kappa shape index (κ1) is 19.1. The Labute approximate surface area is 155 Å². The maximum Gasteiger partial charge on any atom is 0.120 e. The number of hydrogen-bond donors (Lipinski definition) is 0. The molecule has 0 radical (unpaired) electrons. The smallest absolute Gasteiger partial charge is 0.120 e. The van der Waals surface area contributed by atoms with Crippen LogP contribution in [0.1, 0.15) is 19.4 Å². The van der Waals surface area contributed by atoms with Crippen LogP contribution >= 0.6 is 11.6 Å². The average molecular weight is 360 g/mol. The van der Waals surface area contributed by atoms with E-state index in [4.69, 9.17) is 16.3 Å². The number of rotatable bonds is 7. The molecule has 5 heteroatoms. The molecule has 0 spiro atoms. The highest BCUT2D eigenvalue weighted by molar-refractivity contribution is 6.33. The molecule has 4 nitrogen and oxygen atoms in total. The first-order valence-electron chi connectivity index (χ1n) is 8.46. The van der Waals surface area contributed by atoms with Crippen LogP contribution in [-0.2, 0) is 0 Å². The van der Waals surface area contributed by atoms with Crippen molar-refractivity contribution < 1.29 is 4.74 Å². The molecule has 2 aromatic rings. The van der Waals surface area contributed by atoms with Crippen LogP contribution in [0.15, 0.2) is 41.4 Å². The van der Waals surface area contributed by atoms with Crippen LogP contribution in [0.5, 0.6) is 5.75 Å². The molecule has 0 aromatic heterocycles. The van der Waals surface area contributed by atoms with Crippen molar-refractivity contribution in [3.63, 3.8) is 0 Å². The summed E-state index contributed by atoms with van der Waals surface area (Å²) in [7, 11) is 3.66. The molecule has 134 valence electrons. The van der Waals surface area contributed by atoms with Crippen molar-refractivity contribution >= 4 is 35.0 Å². The van der Waals surface area contributed by atoms with Crippen LogP contribution in [0.2, 0.25) is 5.02 Å². The Morgan fingerprint density at radius 2 is 1.92 bits per heavy atom. The molecule has 0 unspecified atom stereocenters. The third kappa shape index (κ3) is 4.67. The number of halogens is 1. The topological polar surface area (TPSA) is 28.1 Å². The standard InChI is InChI=1S/C20H26ClN3O/c1-6-23(4)14-22-19-11-15(3)20(13-18(19)21)24(7-2)16-9-8-10-17(12-16)25-5/h8-14H,6-7H2,1-5H3. The molecule has 0 fully saturated rings. The van der Waals surface area contributed by atoms with Crippen molar-refractivity contribution in [2.45, 2.75) is 20.8 Å². The third-order valence-corrected chi connectivity index (χ3v) is 4.43. The van der Waals surface area contributed by atoms with Gasteiger partial charge < -0.3 is 14.5 Å². The number of ether oxygens (including phenoxy) is 1. The van der Waals surface area contributed by atoms with Gasteiger partial charge in [-0.15, -0.1) is 0 Å². The summed E-state index contributed by atoms with van der Waals surface area (Å²) in [5.74, 6) is 0.837. The van der Waals surface area contributed by atoms with Gasteiger partial charge in [-0.05, 0) is 50.6 Å². The monoisotopic (exact) mass is 359 g/mol. The Hall–Kier alpha value is -2.20. The SMILES string of the molecule is CCN(C)C=Nc1cc(C)c(N(CC)c2cccc(OC)c2)cc1Cl. The summed E-state index contributed by atoms with van der Waals surface area (Å²) < 4.78 is 5.35. The van der Waals surface area contributed by atoms with Crippen molar-refractivity contribution in [3.05, 3.63) is 47.0 Å². The number of nitrogens with zero attached hydrogens (tertiary/aromatic N) is 3. The van der Waals surface area contributed by atoms with Crippen LogP contribution in [-0.4, -0.2) is 38.5 Å². The Bertz CT molecular complexity index is 746. The van der Waals surface area contributed by atoms with Crippen molar-refractivity contribution in [2.24, 2.45) is 4.99 Å². The van der Waals surface area contributed by atoms with Gasteiger partial charge in [0.1, 0.15) is 5.75 Å². The Balaban J connectivity index is 2.40. The third-order valence-electron chi connectivity index (χ3n) is 4.13. The van der Waals surface area contributed by atoms with E-state index in [1.807, 2.05) is 42.3 Å². The van der Waals surface area contributed by atoms with E-state index in [0.29, 0.717) is 5.02 Å². The summed E-state index contributed by atoms with van der Waals surface area (Å²) in [5.41, 5.74) is 4.05. The van der Waals surface area contributed by atoms with E-state index in [1.165, 1.54) is 0 Å². The number of methoxy groups -OCH3 is 1. The highest BCUT2D eigenvalue weighted by Gasteiger charge is 2.13. The Morgan fingerprint density at radius 3 is 2.56 bits per heavy atom. The molecule has 25 heavy (non-hydrogen) atoms. The summed E-state index contributed by atoms with van der Waals surface area (Å²) in [6, 6.07) is 12.0. The van der Waals surface area contributed by atoms with E-state index in [2.05, 4.69) is 36.7 Å². The van der Waals surface area contributed by atoms with Gasteiger partial charge in [-0.3, -0.25) is 0 Å². The van der Waals surface area contributed by atoms with E-state index in [9.17, 15) is 0 Å². The van der Waals surface area contributed by atoms with Gasteiger partial charge >= 0.3 is 0 Å². The van der Waals surface area contributed by atoms with Crippen molar-refractivity contribution in [1.29, 1.82) is 0 Å². The molecule has 2 rings (SSSR count). The van der Waals surface area contributed by atoms with Gasteiger partial charge in [0, 0.05) is 37.6 Å². The second kappa shape index (κ2) is 8.77. The lowest BCUT2D eigenvalue weighted by Crippen LogP contribution is -2.17. The fraction of sp³-hybridized carbons (Fsp3) is 0.350. The lowest BCUT2D eigenvalue weighted by Gasteiger charge is -2.26. The highest BCUT2D eigenvalue weighted by atomic mass is 35.5. The van der Waals surface area contributed by atoms with Gasteiger partial charge in [-0.25, -0.2) is 4.99 Å². The first-order chi connectivity index (χ1) is 12.0. The van der Waals surface area contributed by atoms with Crippen LogP contribution in [0.3, 0.4) is 0 Å². The molecule has 2 aromatic carbocycles. The van der Waals surface area contributed by atoms with Crippen molar-refractivity contribution in [2.75, 3.05) is 32.1 Å². The quantitative estimate of drug-likeness (QED) is 0.487. The lowest BCUT2D eigenvalue weighted by atomic mass is 10.1. The van der Waals surface area contributed by atoms with Gasteiger partial charge in [0.05, 0.1) is 24.2 Å². The van der Waals surface area contributed by atoms with E-state index in [1.54, 1.807) is 13.4 Å². The zero-order valence-corrected chi connectivity index (χ0v) is 16.3. The van der Waals surface area contributed by atoms with Crippen LogP contribution in [0.25, 0.3) is 0 Å². The summed E-state index contributed by atoms with van der Waals surface area (Å²) in [5, 5.41) is 0.641. The molecule has 0 aliphatic carbocycles. The zero-order chi connectivity index (χ0) is 18.4. The first-order valence-corrected chi connectivity index (χ1v) is 8.84. The molecular formula is C20H26ClN3O. The van der Waals surface area contributed by atoms with E-state index >= 15 is 0 Å². The maximum atomic E-state index is 6.49. The Kier molecular flexibility index (Phi) is 6.71. The second-order valence-corrected chi connectivity index (χ2v) is 6.26. The summed E-state index contributed by atoms with van der Waals surface area (Å²) in [4.78, 5) is 8.72. The summed E-state index contributed by atoms with van der Waals surface area (Å²) in [6.07, 6.45) is 1.81. The maximum absolute atomic E-state index is 6.49. The molecule has 0 bridgehead atoms. The number of aryl methyl sites for hydroxylation is 1. The predicted molar refractivity (Wildman–Crippen MR) is 108 cm³/mol. The summed E-state index contributed by atoms with van der Waals surface area (Å²) >= 11 is 6.49. The molecule has 0 aliphatic rings. The predicted octanol–water partition coefficient (Wildman–Crippen LogP) is 5.43. The number of anilines is 2. The van der Waals surface area contributed by atoms with Crippen molar-refractivity contribution in [3.8, 4) is 5.75 Å². The molecule has 0 atom stereocenters. The molecule has 0 heterocycles. The van der Waals surface area contributed by atoms with Gasteiger partial charge in [0.25, 0.3) is 0 Å². The van der Waals surface area contributed by atoms with Gasteiger partial charge in [-0.1, -0.05) is 17.7 Å². The largest absolute Gasteiger partial charge is 0.497 e. The zero-order valence-electron chi connectivity index (χ0n) is 15.6. The molecule has 0 saturated heterocycles. The van der Waals surface area contributed by atoms with Crippen molar-refractivity contribution in [1.82, 2.24) is 4.90 Å². The summed E-state index contributed by atoms with van der Waals surface area (Å²) in [6.45, 7) is 8.00. The normalized spacial score (nSPS) is 11.0. The van der Waals surface area contributed by atoms with Gasteiger partial charge in [0.15, 0.2) is 0 Å². The highest BCUT2D eigenvalue weighted by Crippen LogP contribution is 2.36. The number of benzene rings is 2. The van der Waals surface area contributed by atoms with Crippen LogP contribution < -0.4 is 9.64 Å². The molecule has 0 N–H and O–H groups in total. The van der Waals surface area contributed by atoms with E-state index < -0.39 is 0 Å². The van der Waals surface area contributed by atoms with E-state index in [0.717, 1.165) is 41.5 Å². The second-order valence-electron chi connectivity index (χ2n) is 5.85. The van der Waals surface area contributed by atoms with Crippen LogP contribution in [0.4, 0.5) is 17.1 Å². The molecular weight excluding hydrogens is 334 g/mol. The minimum Gasteiger partial charge on any atom is -0.497 e.